The van der Waals surface area contributed by atoms with Gasteiger partial charge in [-0.1, -0.05) is 30.3 Å². The van der Waals surface area contributed by atoms with Gasteiger partial charge in [-0.25, -0.2) is 9.37 Å². The van der Waals surface area contributed by atoms with Crippen LogP contribution in [0.4, 0.5) is 4.39 Å². The monoisotopic (exact) mass is 458 g/mol. The summed E-state index contributed by atoms with van der Waals surface area (Å²) >= 11 is 3.34. The van der Waals surface area contributed by atoms with E-state index < -0.39 is 0 Å². The summed E-state index contributed by atoms with van der Waals surface area (Å²) in [4.78, 5) is 4.58. The molecule has 4 unspecified atom stereocenters. The second-order valence-electron chi connectivity index (χ2n) is 8.71. The van der Waals surface area contributed by atoms with E-state index in [0.29, 0.717) is 12.0 Å². The van der Waals surface area contributed by atoms with Gasteiger partial charge in [0.1, 0.15) is 6.61 Å². The number of nitrogens with zero attached hydrogens (tertiary/aromatic N) is 4. The molecular weight excluding hydrogens is 431 g/mol. The fourth-order valence-electron chi connectivity index (χ4n) is 5.31. The smallest absolute Gasteiger partial charge is 0.191 e. The van der Waals surface area contributed by atoms with Crippen LogP contribution in [0.2, 0.25) is 0 Å². The van der Waals surface area contributed by atoms with Gasteiger partial charge in [0.2, 0.25) is 0 Å². The highest BCUT2D eigenvalue weighted by molar-refractivity contribution is 7.98. The molecule has 2 saturated carbocycles. The number of halogens is 1. The predicted octanol–water partition coefficient (Wildman–Crippen LogP) is 6.05. The highest BCUT2D eigenvalue weighted by Gasteiger charge is 2.43. The number of thiazole rings is 1. The van der Waals surface area contributed by atoms with E-state index in [1.54, 1.807) is 41.3 Å². The summed E-state index contributed by atoms with van der Waals surface area (Å²) in [6, 6.07) is 6.80. The second kappa shape index (κ2) is 8.90. The maximum Gasteiger partial charge on any atom is 0.191 e. The van der Waals surface area contributed by atoms with Gasteiger partial charge >= 0.3 is 0 Å². The zero-order chi connectivity index (χ0) is 21.4. The van der Waals surface area contributed by atoms with Crippen molar-refractivity contribution in [2.75, 3.05) is 0 Å². The highest BCUT2D eigenvalue weighted by atomic mass is 32.2. The SMILES string of the molecule is Cc1nc(CSc2nnc(COc3ccccc3F)n2C(C)C2CC3CCC2C3)cs1. The first-order valence-corrected chi connectivity index (χ1v) is 12.8. The van der Waals surface area contributed by atoms with Crippen molar-refractivity contribution in [2.45, 2.75) is 63.1 Å². The van der Waals surface area contributed by atoms with Crippen LogP contribution in [-0.2, 0) is 12.4 Å². The maximum absolute atomic E-state index is 14.0. The first-order chi connectivity index (χ1) is 15.1. The molecule has 0 spiro atoms. The fraction of sp³-hybridized carbons (Fsp3) is 0.522. The molecule has 164 valence electrons. The fourth-order valence-corrected chi connectivity index (χ4v) is 6.96. The molecule has 3 aromatic rings. The lowest BCUT2D eigenvalue weighted by atomic mass is 9.84. The number of fused-ring (bicyclic) bond motifs is 2. The van der Waals surface area contributed by atoms with Crippen molar-refractivity contribution in [2.24, 2.45) is 17.8 Å². The number of aryl methyl sites for hydroxylation is 1. The molecule has 8 heteroatoms. The van der Waals surface area contributed by atoms with Gasteiger partial charge in [-0.15, -0.1) is 21.5 Å². The zero-order valence-electron chi connectivity index (χ0n) is 17.8. The molecule has 4 atom stereocenters. The van der Waals surface area contributed by atoms with Gasteiger partial charge in [-0.2, -0.15) is 0 Å². The standard InChI is InChI=1S/C23H27FN4OS2/c1-14(19-10-16-7-8-17(19)9-16)28-22(11-29-21-6-4-3-5-20(21)24)26-27-23(28)31-13-18-12-30-15(2)25-18/h3-6,12,14,16-17,19H,7-11,13H2,1-2H3. The topological polar surface area (TPSA) is 52.8 Å². The quantitative estimate of drug-likeness (QED) is 0.385. The lowest BCUT2D eigenvalue weighted by Gasteiger charge is -2.30. The summed E-state index contributed by atoms with van der Waals surface area (Å²) < 4.78 is 22.1. The van der Waals surface area contributed by atoms with E-state index in [4.69, 9.17) is 4.74 Å². The minimum absolute atomic E-state index is 0.204. The third-order valence-electron chi connectivity index (χ3n) is 6.76. The molecule has 2 fully saturated rings. The molecule has 5 nitrogen and oxygen atoms in total. The van der Waals surface area contributed by atoms with Crippen LogP contribution in [0.1, 0.15) is 55.2 Å². The van der Waals surface area contributed by atoms with E-state index in [1.807, 2.05) is 6.92 Å². The van der Waals surface area contributed by atoms with Crippen LogP contribution in [0.15, 0.2) is 34.8 Å². The average Bonchev–Trinajstić information content (AvgIpc) is 3.55. The number of hydrogen-bond acceptors (Lipinski definition) is 6. The Morgan fingerprint density at radius 1 is 1.26 bits per heavy atom. The predicted molar refractivity (Wildman–Crippen MR) is 121 cm³/mol. The summed E-state index contributed by atoms with van der Waals surface area (Å²) in [6.07, 6.45) is 5.36. The summed E-state index contributed by atoms with van der Waals surface area (Å²) in [5.41, 5.74) is 1.07. The van der Waals surface area contributed by atoms with Gasteiger partial charge in [-0.05, 0) is 63.0 Å². The summed E-state index contributed by atoms with van der Waals surface area (Å²) in [7, 11) is 0. The number of hydrogen-bond donors (Lipinski definition) is 0. The minimum Gasteiger partial charge on any atom is -0.483 e. The molecular formula is C23H27FN4OS2. The molecule has 31 heavy (non-hydrogen) atoms. The van der Waals surface area contributed by atoms with Gasteiger partial charge < -0.3 is 4.74 Å². The van der Waals surface area contributed by atoms with Gasteiger partial charge in [-0.3, -0.25) is 4.57 Å². The first-order valence-electron chi connectivity index (χ1n) is 10.9. The Morgan fingerprint density at radius 2 is 2.13 bits per heavy atom. The van der Waals surface area contributed by atoms with Crippen LogP contribution in [0.3, 0.4) is 0 Å². The van der Waals surface area contributed by atoms with E-state index in [0.717, 1.165) is 39.3 Å². The van der Waals surface area contributed by atoms with E-state index in [2.05, 4.69) is 32.1 Å². The normalized spacial score (nSPS) is 23.4. The third kappa shape index (κ3) is 4.37. The number of aromatic nitrogens is 4. The molecule has 2 heterocycles. The molecule has 5 rings (SSSR count). The Kier molecular flexibility index (Phi) is 6.01. The van der Waals surface area contributed by atoms with Crippen molar-refractivity contribution in [1.82, 2.24) is 19.7 Å². The van der Waals surface area contributed by atoms with Gasteiger partial charge in [0.25, 0.3) is 0 Å². The number of ether oxygens (including phenoxy) is 1. The molecule has 1 aromatic carbocycles. The van der Waals surface area contributed by atoms with Gasteiger partial charge in [0, 0.05) is 17.2 Å². The van der Waals surface area contributed by atoms with Crippen molar-refractivity contribution < 1.29 is 9.13 Å². The third-order valence-corrected chi connectivity index (χ3v) is 8.56. The minimum atomic E-state index is -0.358. The van der Waals surface area contributed by atoms with Crippen LogP contribution in [0.25, 0.3) is 0 Å². The zero-order valence-corrected chi connectivity index (χ0v) is 19.5. The Hall–Kier alpha value is -1.93. The Bertz CT molecular complexity index is 1050. The van der Waals surface area contributed by atoms with Crippen LogP contribution in [-0.4, -0.2) is 19.7 Å². The van der Waals surface area contributed by atoms with E-state index in [1.165, 1.54) is 31.7 Å². The van der Waals surface area contributed by atoms with Gasteiger partial charge in [0.15, 0.2) is 22.5 Å². The summed E-state index contributed by atoms with van der Waals surface area (Å²) in [5.74, 6) is 3.72. The van der Waals surface area contributed by atoms with Gasteiger partial charge in [0.05, 0.1) is 10.7 Å². The second-order valence-corrected chi connectivity index (χ2v) is 10.7. The lowest BCUT2D eigenvalue weighted by molar-refractivity contribution is 0.215. The van der Waals surface area contributed by atoms with Crippen LogP contribution < -0.4 is 4.74 Å². The van der Waals surface area contributed by atoms with E-state index in [9.17, 15) is 4.39 Å². The average molecular weight is 459 g/mol. The summed E-state index contributed by atoms with van der Waals surface area (Å²) in [6.45, 7) is 4.52. The molecule has 2 aliphatic rings. The van der Waals surface area contributed by atoms with Crippen molar-refractivity contribution in [3.8, 4) is 5.75 Å². The van der Waals surface area contributed by atoms with Crippen molar-refractivity contribution in [3.63, 3.8) is 0 Å². The number of para-hydroxylation sites is 1. The molecule has 0 amide bonds. The Balaban J connectivity index is 1.38. The molecule has 2 aromatic heterocycles. The molecule has 0 aliphatic heterocycles. The Morgan fingerprint density at radius 3 is 2.84 bits per heavy atom. The van der Waals surface area contributed by atoms with E-state index in [-0.39, 0.29) is 18.2 Å². The molecule has 2 aliphatic carbocycles. The number of thioether (sulfide) groups is 1. The number of rotatable bonds is 8. The van der Waals surface area contributed by atoms with E-state index >= 15 is 0 Å². The number of benzene rings is 1. The maximum atomic E-state index is 14.0. The molecule has 2 bridgehead atoms. The van der Waals surface area contributed by atoms with Crippen LogP contribution in [0.5, 0.6) is 5.75 Å². The van der Waals surface area contributed by atoms with Crippen molar-refractivity contribution >= 4 is 23.1 Å². The van der Waals surface area contributed by atoms with Crippen molar-refractivity contribution in [3.05, 3.63) is 52.0 Å². The first kappa shape index (κ1) is 20.9. The van der Waals surface area contributed by atoms with Crippen LogP contribution in [0, 0.1) is 30.5 Å². The highest BCUT2D eigenvalue weighted by Crippen LogP contribution is 2.52. The molecule has 0 N–H and O–H groups in total. The largest absolute Gasteiger partial charge is 0.483 e. The van der Waals surface area contributed by atoms with Crippen molar-refractivity contribution in [1.29, 1.82) is 0 Å². The Labute approximate surface area is 190 Å². The molecule has 0 radical (unpaired) electrons. The molecule has 0 saturated heterocycles. The lowest BCUT2D eigenvalue weighted by Crippen LogP contribution is -2.24. The summed E-state index contributed by atoms with van der Waals surface area (Å²) in [5, 5.41) is 13.0. The van der Waals surface area contributed by atoms with Crippen LogP contribution >= 0.6 is 23.1 Å².